The molecule has 1 saturated heterocycles. The third-order valence-electron chi connectivity index (χ3n) is 5.31. The molecule has 0 aromatic heterocycles. The van der Waals surface area contributed by atoms with Crippen LogP contribution < -0.4 is 0 Å². The Morgan fingerprint density at radius 2 is 1.59 bits per heavy atom. The minimum absolute atomic E-state index is 0.0924. The van der Waals surface area contributed by atoms with E-state index in [0.29, 0.717) is 5.56 Å². The van der Waals surface area contributed by atoms with E-state index in [1.54, 1.807) is 19.1 Å². The monoisotopic (exact) mass is 466 g/mol. The van der Waals surface area contributed by atoms with Crippen LogP contribution in [0.4, 0.5) is 17.6 Å². The number of alkyl halides is 3. The van der Waals surface area contributed by atoms with Crippen molar-refractivity contribution in [3.63, 3.8) is 0 Å². The molecule has 0 aliphatic carbocycles. The zero-order valence-corrected chi connectivity index (χ0v) is 17.6. The molecule has 168 valence electrons. The van der Waals surface area contributed by atoms with Crippen LogP contribution in [0.1, 0.15) is 28.4 Å². The van der Waals surface area contributed by atoms with Gasteiger partial charge >= 0.3 is 6.18 Å². The maximum absolute atomic E-state index is 13.5. The Bertz CT molecular complexity index is 1220. The summed E-state index contributed by atoms with van der Waals surface area (Å²) < 4.78 is 90.3. The first-order chi connectivity index (χ1) is 15.0. The van der Waals surface area contributed by atoms with E-state index in [9.17, 15) is 26.0 Å². The highest BCUT2D eigenvalue weighted by atomic mass is 32.2. The van der Waals surface area contributed by atoms with Gasteiger partial charge in [0.05, 0.1) is 10.5 Å². The molecule has 0 unspecified atom stereocenters. The molecular formula is C23H18F4O4S. The molecule has 1 heterocycles. The van der Waals surface area contributed by atoms with Crippen molar-refractivity contribution in [1.29, 1.82) is 0 Å². The molecule has 2 atom stereocenters. The summed E-state index contributed by atoms with van der Waals surface area (Å²) in [6.07, 6.45) is -5.76. The summed E-state index contributed by atoms with van der Waals surface area (Å²) in [7, 11) is -4.21. The number of benzene rings is 3. The van der Waals surface area contributed by atoms with Crippen molar-refractivity contribution in [2.45, 2.75) is 29.7 Å². The molecule has 0 spiro atoms. The van der Waals surface area contributed by atoms with Crippen LogP contribution in [0.2, 0.25) is 0 Å². The average molecular weight is 466 g/mol. The molecule has 0 amide bonds. The predicted octanol–water partition coefficient (Wildman–Crippen LogP) is 5.53. The minimum atomic E-state index is -4.63. The van der Waals surface area contributed by atoms with Crippen molar-refractivity contribution in [2.24, 2.45) is 0 Å². The van der Waals surface area contributed by atoms with Gasteiger partial charge in [0.15, 0.2) is 0 Å². The lowest BCUT2D eigenvalue weighted by atomic mass is 9.90. The topological polar surface area (TPSA) is 55.9 Å². The largest absolute Gasteiger partial charge is 0.416 e. The van der Waals surface area contributed by atoms with Crippen LogP contribution in [0, 0.1) is 12.7 Å². The number of aryl methyl sites for hydroxylation is 1. The summed E-state index contributed by atoms with van der Waals surface area (Å²) in [5.41, 5.74) is -1.41. The van der Waals surface area contributed by atoms with Crippen molar-refractivity contribution in [3.05, 3.63) is 101 Å². The standard InChI is InChI=1S/C23H18F4O4S/c1-15-6-12-18(13-7-15)32(28,29)30-14-22(16-8-10-17(24)11-9-16)21(31-22)19-4-2-3-5-20(19)23(25,26)27/h2-13,21H,14H2,1H3/t21-,22-/m0/s1. The quantitative estimate of drug-likeness (QED) is 0.273. The lowest BCUT2D eigenvalue weighted by Crippen LogP contribution is -2.22. The SMILES string of the molecule is Cc1ccc(S(=O)(=O)OC[C@@]2(c3ccc(F)cc3)O[C@H]2c2ccccc2C(F)(F)F)cc1. The maximum atomic E-state index is 13.5. The van der Waals surface area contributed by atoms with E-state index in [2.05, 4.69) is 0 Å². The highest BCUT2D eigenvalue weighted by Gasteiger charge is 2.61. The second kappa shape index (κ2) is 7.99. The predicted molar refractivity (Wildman–Crippen MR) is 108 cm³/mol. The third-order valence-corrected chi connectivity index (χ3v) is 6.59. The van der Waals surface area contributed by atoms with E-state index in [1.807, 2.05) is 0 Å². The first-order valence-corrected chi connectivity index (χ1v) is 11.0. The number of epoxide rings is 1. The molecule has 0 N–H and O–H groups in total. The zero-order valence-electron chi connectivity index (χ0n) is 16.8. The Morgan fingerprint density at radius 3 is 2.22 bits per heavy atom. The van der Waals surface area contributed by atoms with Crippen LogP contribution in [0.15, 0.2) is 77.7 Å². The molecule has 1 aliphatic rings. The molecule has 3 aromatic carbocycles. The van der Waals surface area contributed by atoms with Crippen molar-refractivity contribution in [2.75, 3.05) is 6.61 Å². The highest BCUT2D eigenvalue weighted by Crippen LogP contribution is 2.59. The zero-order chi connectivity index (χ0) is 23.1. The van der Waals surface area contributed by atoms with Crippen LogP contribution in [-0.2, 0) is 30.8 Å². The summed E-state index contributed by atoms with van der Waals surface area (Å²) >= 11 is 0. The van der Waals surface area contributed by atoms with Gasteiger partial charge in [-0.2, -0.15) is 21.6 Å². The molecule has 4 rings (SSSR count). The van der Waals surface area contributed by atoms with Gasteiger partial charge in [-0.05, 0) is 48.4 Å². The lowest BCUT2D eigenvalue weighted by molar-refractivity contribution is -0.138. The third kappa shape index (κ3) is 4.28. The van der Waals surface area contributed by atoms with E-state index < -0.39 is 46.0 Å². The Morgan fingerprint density at radius 1 is 0.969 bits per heavy atom. The van der Waals surface area contributed by atoms with Crippen LogP contribution in [0.25, 0.3) is 0 Å². The first-order valence-electron chi connectivity index (χ1n) is 9.59. The second-order valence-electron chi connectivity index (χ2n) is 7.51. The van der Waals surface area contributed by atoms with Gasteiger partial charge in [0.25, 0.3) is 10.1 Å². The molecule has 0 bridgehead atoms. The first kappa shape index (κ1) is 22.4. The van der Waals surface area contributed by atoms with Gasteiger partial charge in [0.2, 0.25) is 0 Å². The number of ether oxygens (including phenoxy) is 1. The molecule has 4 nitrogen and oxygen atoms in total. The van der Waals surface area contributed by atoms with Crippen LogP contribution >= 0.6 is 0 Å². The number of rotatable bonds is 6. The van der Waals surface area contributed by atoms with Gasteiger partial charge < -0.3 is 4.74 Å². The summed E-state index contributed by atoms with van der Waals surface area (Å²) in [6.45, 7) is 1.22. The molecule has 32 heavy (non-hydrogen) atoms. The summed E-state index contributed by atoms with van der Waals surface area (Å²) in [5.74, 6) is -0.551. The Balaban J connectivity index is 1.69. The van der Waals surface area contributed by atoms with Crippen LogP contribution in [0.3, 0.4) is 0 Å². The maximum Gasteiger partial charge on any atom is 0.416 e. The van der Waals surface area contributed by atoms with Crippen molar-refractivity contribution < 1.29 is 34.9 Å². The molecule has 9 heteroatoms. The van der Waals surface area contributed by atoms with E-state index >= 15 is 0 Å². The van der Waals surface area contributed by atoms with E-state index in [-0.39, 0.29) is 10.5 Å². The summed E-state index contributed by atoms with van der Waals surface area (Å²) in [5, 5.41) is 0. The number of hydrogen-bond donors (Lipinski definition) is 0. The summed E-state index contributed by atoms with van der Waals surface area (Å²) in [4.78, 5) is -0.0924. The molecule has 0 radical (unpaired) electrons. The smallest absolute Gasteiger partial charge is 0.353 e. The van der Waals surface area contributed by atoms with E-state index in [4.69, 9.17) is 8.92 Å². The fourth-order valence-corrected chi connectivity index (χ4v) is 4.49. The molecule has 1 aliphatic heterocycles. The van der Waals surface area contributed by atoms with Crippen molar-refractivity contribution >= 4 is 10.1 Å². The van der Waals surface area contributed by atoms with E-state index in [1.165, 1.54) is 42.5 Å². The van der Waals surface area contributed by atoms with Crippen LogP contribution in [-0.4, -0.2) is 15.0 Å². The van der Waals surface area contributed by atoms with Crippen molar-refractivity contribution in [3.8, 4) is 0 Å². The highest BCUT2D eigenvalue weighted by molar-refractivity contribution is 7.86. The molecular weight excluding hydrogens is 448 g/mol. The normalized spacial score (nSPS) is 20.8. The Hall–Kier alpha value is -2.75. The number of halogens is 4. The van der Waals surface area contributed by atoms with E-state index in [0.717, 1.165) is 23.8 Å². The van der Waals surface area contributed by atoms with Gasteiger partial charge in [0, 0.05) is 0 Å². The van der Waals surface area contributed by atoms with Crippen LogP contribution in [0.5, 0.6) is 0 Å². The van der Waals surface area contributed by atoms with Gasteiger partial charge in [-0.1, -0.05) is 48.0 Å². The minimum Gasteiger partial charge on any atom is -0.353 e. The van der Waals surface area contributed by atoms with Gasteiger partial charge in [-0.25, -0.2) is 4.39 Å². The molecule has 3 aromatic rings. The molecule has 1 fully saturated rings. The Kier molecular flexibility index (Phi) is 5.60. The fourth-order valence-electron chi connectivity index (χ4n) is 3.56. The average Bonchev–Trinajstić information content (AvgIpc) is 3.48. The van der Waals surface area contributed by atoms with Gasteiger partial charge in [-0.3, -0.25) is 4.18 Å². The van der Waals surface area contributed by atoms with Gasteiger partial charge in [0.1, 0.15) is 24.1 Å². The lowest BCUT2D eigenvalue weighted by Gasteiger charge is -2.16. The van der Waals surface area contributed by atoms with Crippen molar-refractivity contribution in [1.82, 2.24) is 0 Å². The summed E-state index contributed by atoms with van der Waals surface area (Å²) in [6, 6.07) is 15.8. The van der Waals surface area contributed by atoms with Gasteiger partial charge in [-0.15, -0.1) is 0 Å². The Labute approximate surface area is 182 Å². The molecule has 0 saturated carbocycles. The fraction of sp³-hybridized carbons (Fsp3) is 0.217. The number of hydrogen-bond acceptors (Lipinski definition) is 4. The second-order valence-corrected chi connectivity index (χ2v) is 9.12.